The third kappa shape index (κ3) is 25.0. The predicted octanol–water partition coefficient (Wildman–Crippen LogP) is 15.7. The molecule has 1 saturated carbocycles. The Labute approximate surface area is 356 Å². The molecule has 2 heterocycles. The van der Waals surface area contributed by atoms with Gasteiger partial charge in [0.2, 0.25) is 0 Å². The van der Waals surface area contributed by atoms with Gasteiger partial charge in [-0.1, -0.05) is 177 Å². The van der Waals surface area contributed by atoms with E-state index in [0.29, 0.717) is 33.8 Å². The van der Waals surface area contributed by atoms with Crippen LogP contribution in [-0.4, -0.2) is 54.2 Å². The van der Waals surface area contributed by atoms with Crippen LogP contribution in [-0.2, 0) is 16.6 Å². The Kier molecular flexibility index (Phi) is 24.9. The number of piperidine rings is 2. The summed E-state index contributed by atoms with van der Waals surface area (Å²) in [6, 6.07) is 21.2. The highest BCUT2D eigenvalue weighted by Gasteiger charge is 2.31. The number of ether oxygens (including phenoxy) is 1. The lowest BCUT2D eigenvalue weighted by molar-refractivity contribution is 0.0736. The summed E-state index contributed by atoms with van der Waals surface area (Å²) >= 11 is 0. The fraction of sp³-hybridized carbons (Fsp3) is 0.755. The van der Waals surface area contributed by atoms with Crippen LogP contribution >= 0.6 is 0 Å². The van der Waals surface area contributed by atoms with Crippen molar-refractivity contribution in [2.24, 2.45) is 28.1 Å². The number of carbonyl (C=O) groups excluding carboxylic acids is 1. The molecule has 2 aliphatic heterocycles. The van der Waals surface area contributed by atoms with Gasteiger partial charge in [-0.25, -0.2) is 4.79 Å². The number of benzene rings is 2. The second-order valence-electron chi connectivity index (χ2n) is 22.1. The number of hydrogen-bond acceptors (Lipinski definition) is 3. The summed E-state index contributed by atoms with van der Waals surface area (Å²) in [5.74, 6) is 1.73. The van der Waals surface area contributed by atoms with Gasteiger partial charge in [-0.2, -0.15) is 0 Å². The molecule has 5 rings (SSSR count). The first-order chi connectivity index (χ1) is 25.8. The van der Waals surface area contributed by atoms with Crippen molar-refractivity contribution in [3.05, 3.63) is 71.8 Å². The molecule has 0 N–H and O–H groups in total. The number of hydrogen-bond donors (Lipinski definition) is 0. The summed E-state index contributed by atoms with van der Waals surface area (Å²) in [5, 5.41) is 0. The highest BCUT2D eigenvalue weighted by molar-refractivity contribution is 5.67. The molecule has 3 aliphatic rings. The molecule has 0 bridgehead atoms. The zero-order chi connectivity index (χ0) is 42.6. The summed E-state index contributed by atoms with van der Waals surface area (Å²) in [6.07, 6.45) is 14.8. The monoisotopic (exact) mass is 793 g/mol. The van der Waals surface area contributed by atoms with Gasteiger partial charge in [0, 0.05) is 18.6 Å². The predicted molar refractivity (Wildman–Crippen MR) is 253 cm³/mol. The van der Waals surface area contributed by atoms with E-state index in [0.717, 1.165) is 44.2 Å². The molecule has 0 spiro atoms. The summed E-state index contributed by atoms with van der Waals surface area (Å²) in [4.78, 5) is 15.9. The fourth-order valence-electron chi connectivity index (χ4n) is 7.82. The second-order valence-corrected chi connectivity index (χ2v) is 22.1. The van der Waals surface area contributed by atoms with Crippen molar-refractivity contribution in [1.29, 1.82) is 0 Å². The van der Waals surface area contributed by atoms with E-state index in [1.165, 1.54) is 75.6 Å². The van der Waals surface area contributed by atoms with Gasteiger partial charge in [0.25, 0.3) is 0 Å². The van der Waals surface area contributed by atoms with E-state index in [9.17, 15) is 4.79 Å². The minimum absolute atomic E-state index is 0. The molecule has 3 fully saturated rings. The molecular weight excluding hydrogens is 697 g/mol. The topological polar surface area (TPSA) is 32.8 Å². The standard InChI is InChI=1S/C12H23NO2.C11H16.C10H20.C10H14.C9H19N.CH4/c1-5-15-11(14)13-8-6-10(7-9-13)12(2,3)4;1-11(2,3)9-10-7-5-4-6-8-10;2*1-10(2,3)9-7-5-4-6-8-9;1-9(2,3)10-7-5-4-6-8-10;/h10H,5-9H2,1-4H3;4-8H,9H2,1-3H3;9H,4-8H2,1-3H3;4-8H,1-3H3;4-8H2,1-3H3;1H4. The van der Waals surface area contributed by atoms with Crippen LogP contribution in [0.3, 0.4) is 0 Å². The van der Waals surface area contributed by atoms with Gasteiger partial charge in [-0.15, -0.1) is 0 Å². The third-order valence-corrected chi connectivity index (χ3v) is 11.6. The van der Waals surface area contributed by atoms with Crippen molar-refractivity contribution in [2.75, 3.05) is 32.8 Å². The number of nitrogens with zero attached hydrogens (tertiary/aromatic N) is 2. The molecule has 2 aromatic carbocycles. The first kappa shape index (κ1) is 54.7. The summed E-state index contributed by atoms with van der Waals surface area (Å²) in [6.45, 7) is 41.0. The van der Waals surface area contributed by atoms with Crippen molar-refractivity contribution in [1.82, 2.24) is 9.80 Å². The van der Waals surface area contributed by atoms with Crippen LogP contribution in [0.25, 0.3) is 0 Å². The molecule has 57 heavy (non-hydrogen) atoms. The van der Waals surface area contributed by atoms with Crippen LogP contribution < -0.4 is 0 Å². The SMILES string of the molecule is C.CC(C)(C)C1CCCCC1.CC(C)(C)Cc1ccccc1.CC(C)(C)N1CCCCC1.CC(C)(C)c1ccccc1.CCOC(=O)N1CCC(C(C)(C)C)CC1. The first-order valence-electron chi connectivity index (χ1n) is 22.6. The normalized spacial score (nSPS) is 17.4. The fourth-order valence-corrected chi connectivity index (χ4v) is 7.82. The minimum atomic E-state index is -0.148. The lowest BCUT2D eigenvalue weighted by Crippen LogP contribution is -2.44. The van der Waals surface area contributed by atoms with Gasteiger partial charge in [0.05, 0.1) is 6.61 Å². The van der Waals surface area contributed by atoms with E-state index in [2.05, 4.69) is 169 Å². The molecule has 0 aromatic heterocycles. The van der Waals surface area contributed by atoms with Crippen molar-refractivity contribution in [2.45, 2.75) is 200 Å². The van der Waals surface area contributed by atoms with Crippen LogP contribution in [0.15, 0.2) is 60.7 Å². The largest absolute Gasteiger partial charge is 0.450 e. The van der Waals surface area contributed by atoms with E-state index in [1.54, 1.807) is 0 Å². The van der Waals surface area contributed by atoms with Crippen LogP contribution in [0.1, 0.15) is 194 Å². The van der Waals surface area contributed by atoms with E-state index in [4.69, 9.17) is 4.74 Å². The Bertz CT molecular complexity index is 1240. The zero-order valence-electron chi connectivity index (χ0n) is 40.0. The van der Waals surface area contributed by atoms with E-state index in [1.807, 2.05) is 11.8 Å². The summed E-state index contributed by atoms with van der Waals surface area (Å²) < 4.78 is 4.99. The molecule has 1 aliphatic carbocycles. The molecule has 330 valence electrons. The number of likely N-dealkylation sites (tertiary alicyclic amines) is 2. The summed E-state index contributed by atoms with van der Waals surface area (Å²) in [5.41, 5.74) is 4.86. The highest BCUT2D eigenvalue weighted by atomic mass is 16.6. The van der Waals surface area contributed by atoms with Crippen LogP contribution in [0.2, 0.25) is 0 Å². The molecular formula is C53H96N2O2. The Hall–Kier alpha value is -2.33. The Morgan fingerprint density at radius 1 is 0.579 bits per heavy atom. The van der Waals surface area contributed by atoms with Gasteiger partial charge in [-0.3, -0.25) is 4.90 Å². The smallest absolute Gasteiger partial charge is 0.409 e. The van der Waals surface area contributed by atoms with Gasteiger partial charge < -0.3 is 9.64 Å². The highest BCUT2D eigenvalue weighted by Crippen LogP contribution is 2.37. The minimum Gasteiger partial charge on any atom is -0.450 e. The van der Waals surface area contributed by atoms with Crippen molar-refractivity contribution in [3.63, 3.8) is 0 Å². The molecule has 2 aromatic rings. The first-order valence-corrected chi connectivity index (χ1v) is 22.6. The van der Waals surface area contributed by atoms with Crippen molar-refractivity contribution >= 4 is 6.09 Å². The van der Waals surface area contributed by atoms with E-state index >= 15 is 0 Å². The van der Waals surface area contributed by atoms with Crippen LogP contribution in [0, 0.1) is 28.1 Å². The Morgan fingerprint density at radius 3 is 1.33 bits per heavy atom. The number of rotatable bonds is 2. The van der Waals surface area contributed by atoms with Gasteiger partial charge in [0.15, 0.2) is 0 Å². The average Bonchev–Trinajstić information content (AvgIpc) is 3.12. The maximum absolute atomic E-state index is 11.5. The second kappa shape index (κ2) is 26.0. The van der Waals surface area contributed by atoms with Gasteiger partial charge in [0.1, 0.15) is 0 Å². The van der Waals surface area contributed by atoms with Gasteiger partial charge in [-0.05, 0) is 130 Å². The maximum Gasteiger partial charge on any atom is 0.409 e. The van der Waals surface area contributed by atoms with Crippen LogP contribution in [0.4, 0.5) is 4.79 Å². The molecule has 2 saturated heterocycles. The lowest BCUT2D eigenvalue weighted by atomic mass is 9.72. The van der Waals surface area contributed by atoms with Crippen molar-refractivity contribution < 1.29 is 9.53 Å². The zero-order valence-corrected chi connectivity index (χ0v) is 40.0. The number of carbonyl (C=O) groups is 1. The summed E-state index contributed by atoms with van der Waals surface area (Å²) in [7, 11) is 0. The van der Waals surface area contributed by atoms with Crippen LogP contribution in [0.5, 0.6) is 0 Å². The average molecular weight is 793 g/mol. The number of amides is 1. The Morgan fingerprint density at radius 2 is 1.00 bits per heavy atom. The third-order valence-electron chi connectivity index (χ3n) is 11.6. The Balaban J connectivity index is 0.000000691. The van der Waals surface area contributed by atoms with E-state index < -0.39 is 0 Å². The molecule has 0 atom stereocenters. The maximum atomic E-state index is 11.5. The van der Waals surface area contributed by atoms with Crippen molar-refractivity contribution in [3.8, 4) is 0 Å². The molecule has 4 heteroatoms. The molecule has 0 unspecified atom stereocenters. The molecule has 0 radical (unpaired) electrons. The quantitative estimate of drug-likeness (QED) is 0.304. The lowest BCUT2D eigenvalue weighted by Gasteiger charge is -2.38. The molecule has 4 nitrogen and oxygen atoms in total. The van der Waals surface area contributed by atoms with Gasteiger partial charge >= 0.3 is 6.09 Å². The molecule has 1 amide bonds. The van der Waals surface area contributed by atoms with E-state index in [-0.39, 0.29) is 13.5 Å².